The molecule has 0 fully saturated rings. The molecule has 0 heterocycles. The Hall–Kier alpha value is -1.13. The number of esters is 1. The van der Waals surface area contributed by atoms with Crippen LogP contribution in [0.25, 0.3) is 0 Å². The summed E-state index contributed by atoms with van der Waals surface area (Å²) >= 11 is 0. The average molecular weight is 189 g/mol. The highest BCUT2D eigenvalue weighted by Gasteiger charge is 2.42. The van der Waals surface area contributed by atoms with Gasteiger partial charge in [-0.05, 0) is 6.42 Å². The fourth-order valence-corrected chi connectivity index (χ4v) is 1.04. The number of ether oxygens (including phenoxy) is 1. The second-order valence-corrected chi connectivity index (χ2v) is 3.42. The Morgan fingerprint density at radius 1 is 1.62 bits per heavy atom. The summed E-state index contributed by atoms with van der Waals surface area (Å²) in [4.78, 5) is 20.8. The maximum atomic E-state index is 10.6. The van der Waals surface area contributed by atoms with Gasteiger partial charge >= 0.3 is 5.97 Å². The molecular formula is C8H15NO4. The van der Waals surface area contributed by atoms with Crippen molar-refractivity contribution in [2.75, 3.05) is 0 Å². The van der Waals surface area contributed by atoms with Crippen molar-refractivity contribution in [3.8, 4) is 0 Å². The first-order chi connectivity index (χ1) is 5.82. The van der Waals surface area contributed by atoms with Crippen molar-refractivity contribution in [1.29, 1.82) is 0 Å². The van der Waals surface area contributed by atoms with Crippen molar-refractivity contribution in [3.05, 3.63) is 10.1 Å². The maximum absolute atomic E-state index is 10.6. The Bertz CT molecular complexity index is 212. The van der Waals surface area contributed by atoms with E-state index >= 15 is 0 Å². The molecule has 13 heavy (non-hydrogen) atoms. The smallest absolute Gasteiger partial charge is 0.303 e. The van der Waals surface area contributed by atoms with Crippen LogP contribution in [0.3, 0.4) is 0 Å². The molecule has 76 valence electrons. The molecule has 0 radical (unpaired) electrons. The fraction of sp³-hybridized carbons (Fsp3) is 0.875. The molecule has 0 rings (SSSR count). The molecule has 5 nitrogen and oxygen atoms in total. The number of carbonyl (C=O) groups excluding carboxylic acids is 1. The van der Waals surface area contributed by atoms with Gasteiger partial charge in [-0.25, -0.2) is 0 Å². The number of rotatable bonds is 4. The molecule has 0 bridgehead atoms. The summed E-state index contributed by atoms with van der Waals surface area (Å²) in [5.41, 5.74) is -1.22. The number of nitro groups is 1. The van der Waals surface area contributed by atoms with Gasteiger partial charge < -0.3 is 4.74 Å². The van der Waals surface area contributed by atoms with Gasteiger partial charge in [-0.2, -0.15) is 0 Å². The number of carbonyl (C=O) groups is 1. The summed E-state index contributed by atoms with van der Waals surface area (Å²) in [5, 5.41) is 10.6. The van der Waals surface area contributed by atoms with Crippen molar-refractivity contribution in [2.45, 2.75) is 45.8 Å². The Labute approximate surface area is 77.2 Å². The summed E-state index contributed by atoms with van der Waals surface area (Å²) < 4.78 is 4.85. The lowest BCUT2D eigenvalue weighted by atomic mass is 9.96. The molecule has 0 aliphatic carbocycles. The van der Waals surface area contributed by atoms with Crippen LogP contribution in [0.2, 0.25) is 0 Å². The second-order valence-electron chi connectivity index (χ2n) is 3.42. The van der Waals surface area contributed by atoms with E-state index in [-0.39, 0.29) is 0 Å². The van der Waals surface area contributed by atoms with Crippen molar-refractivity contribution in [1.82, 2.24) is 0 Å². The van der Waals surface area contributed by atoms with Crippen molar-refractivity contribution < 1.29 is 14.5 Å². The Morgan fingerprint density at radius 3 is 2.31 bits per heavy atom. The minimum atomic E-state index is -1.22. The number of hydrogen-bond acceptors (Lipinski definition) is 4. The standard InChI is InChI=1S/C8H15NO4/c1-5-7(13-6(2)10)8(3,4)9(11)12/h7H,5H2,1-4H3. The van der Waals surface area contributed by atoms with Gasteiger partial charge in [0.1, 0.15) is 0 Å². The van der Waals surface area contributed by atoms with Gasteiger partial charge in [0.15, 0.2) is 6.10 Å². The van der Waals surface area contributed by atoms with E-state index in [2.05, 4.69) is 0 Å². The van der Waals surface area contributed by atoms with Crippen LogP contribution in [0.5, 0.6) is 0 Å². The second kappa shape index (κ2) is 4.20. The van der Waals surface area contributed by atoms with Crippen LogP contribution < -0.4 is 0 Å². The van der Waals surface area contributed by atoms with E-state index in [1.165, 1.54) is 20.8 Å². The summed E-state index contributed by atoms with van der Waals surface area (Å²) in [6, 6.07) is 0. The summed E-state index contributed by atoms with van der Waals surface area (Å²) in [5.74, 6) is -0.484. The lowest BCUT2D eigenvalue weighted by Gasteiger charge is -2.24. The van der Waals surface area contributed by atoms with E-state index in [1.54, 1.807) is 6.92 Å². The molecule has 0 aromatic rings. The van der Waals surface area contributed by atoms with Crippen molar-refractivity contribution >= 4 is 5.97 Å². The molecule has 0 aliphatic rings. The molecule has 5 heteroatoms. The molecule has 0 aromatic heterocycles. The van der Waals surface area contributed by atoms with E-state index < -0.39 is 22.5 Å². The fourth-order valence-electron chi connectivity index (χ4n) is 1.04. The molecule has 0 aliphatic heterocycles. The van der Waals surface area contributed by atoms with Gasteiger partial charge in [0.05, 0.1) is 0 Å². The zero-order chi connectivity index (χ0) is 10.6. The van der Waals surface area contributed by atoms with E-state index in [0.717, 1.165) is 0 Å². The van der Waals surface area contributed by atoms with Gasteiger partial charge in [-0.3, -0.25) is 14.9 Å². The first-order valence-corrected chi connectivity index (χ1v) is 4.14. The lowest BCUT2D eigenvalue weighted by molar-refractivity contribution is -0.572. The normalized spacial score (nSPS) is 13.5. The molecule has 0 saturated carbocycles. The molecule has 0 spiro atoms. The first-order valence-electron chi connectivity index (χ1n) is 4.14. The van der Waals surface area contributed by atoms with Crippen LogP contribution in [0.15, 0.2) is 0 Å². The highest BCUT2D eigenvalue weighted by Crippen LogP contribution is 2.19. The van der Waals surface area contributed by atoms with Crippen LogP contribution in [-0.4, -0.2) is 22.5 Å². The van der Waals surface area contributed by atoms with Crippen LogP contribution in [0.4, 0.5) is 0 Å². The topological polar surface area (TPSA) is 69.4 Å². The van der Waals surface area contributed by atoms with E-state index in [0.29, 0.717) is 6.42 Å². The quantitative estimate of drug-likeness (QED) is 0.380. The summed E-state index contributed by atoms with van der Waals surface area (Å²) in [6.07, 6.45) is -0.229. The molecular weight excluding hydrogens is 174 g/mol. The minimum absolute atomic E-state index is 0.426. The molecule has 0 N–H and O–H groups in total. The van der Waals surface area contributed by atoms with Crippen LogP contribution in [0.1, 0.15) is 34.1 Å². The first kappa shape index (κ1) is 11.9. The van der Waals surface area contributed by atoms with Gasteiger partial charge in [-0.1, -0.05) is 6.92 Å². The Balaban J connectivity index is 4.55. The van der Waals surface area contributed by atoms with E-state index in [9.17, 15) is 14.9 Å². The van der Waals surface area contributed by atoms with Crippen molar-refractivity contribution in [2.24, 2.45) is 0 Å². The third kappa shape index (κ3) is 3.01. The molecule has 0 aromatic carbocycles. The minimum Gasteiger partial charge on any atom is -0.455 e. The van der Waals surface area contributed by atoms with E-state index in [1.807, 2.05) is 0 Å². The predicted octanol–water partition coefficient (Wildman–Crippen LogP) is 1.38. The Kier molecular flexibility index (Phi) is 3.84. The van der Waals surface area contributed by atoms with E-state index in [4.69, 9.17) is 4.74 Å². The largest absolute Gasteiger partial charge is 0.455 e. The molecule has 0 saturated heterocycles. The van der Waals surface area contributed by atoms with Crippen LogP contribution >= 0.6 is 0 Å². The molecule has 1 atom stereocenters. The summed E-state index contributed by atoms with van der Waals surface area (Å²) in [7, 11) is 0. The van der Waals surface area contributed by atoms with Gasteiger partial charge in [0, 0.05) is 25.7 Å². The zero-order valence-electron chi connectivity index (χ0n) is 8.36. The highest BCUT2D eigenvalue weighted by atomic mass is 16.6. The van der Waals surface area contributed by atoms with Gasteiger partial charge in [0.2, 0.25) is 0 Å². The van der Waals surface area contributed by atoms with Gasteiger partial charge in [-0.15, -0.1) is 0 Å². The Morgan fingerprint density at radius 2 is 2.08 bits per heavy atom. The highest BCUT2D eigenvalue weighted by molar-refractivity contribution is 5.66. The van der Waals surface area contributed by atoms with Crippen LogP contribution in [0, 0.1) is 10.1 Å². The monoisotopic (exact) mass is 189 g/mol. The summed E-state index contributed by atoms with van der Waals surface area (Å²) in [6.45, 7) is 5.89. The van der Waals surface area contributed by atoms with Crippen molar-refractivity contribution in [3.63, 3.8) is 0 Å². The third-order valence-corrected chi connectivity index (χ3v) is 1.94. The number of nitrogens with zero attached hydrogens (tertiary/aromatic N) is 1. The average Bonchev–Trinajstić information content (AvgIpc) is 1.99. The van der Waals surface area contributed by atoms with Gasteiger partial charge in [0.25, 0.3) is 5.54 Å². The SMILES string of the molecule is CCC(OC(C)=O)C(C)(C)[N+](=O)[O-]. The zero-order valence-corrected chi connectivity index (χ0v) is 8.36. The molecule has 0 amide bonds. The lowest BCUT2D eigenvalue weighted by Crippen LogP contribution is -2.45. The van der Waals surface area contributed by atoms with Crippen LogP contribution in [-0.2, 0) is 9.53 Å². The molecule has 1 unspecified atom stereocenters. The maximum Gasteiger partial charge on any atom is 0.303 e. The number of hydrogen-bond donors (Lipinski definition) is 0. The predicted molar refractivity (Wildman–Crippen MR) is 46.9 cm³/mol. The third-order valence-electron chi connectivity index (χ3n) is 1.94.